The highest BCUT2D eigenvalue weighted by atomic mass is 16.2. The maximum atomic E-state index is 12.3. The quantitative estimate of drug-likeness (QED) is 0.875. The fourth-order valence-corrected chi connectivity index (χ4v) is 3.63. The molecule has 3 heterocycles. The first-order valence-electron chi connectivity index (χ1n) is 9.03. The number of aryl methyl sites for hydroxylation is 1. The summed E-state index contributed by atoms with van der Waals surface area (Å²) < 4.78 is 0. The van der Waals surface area contributed by atoms with Gasteiger partial charge in [-0.1, -0.05) is 30.3 Å². The topological polar surface area (TPSA) is 95.7 Å². The zero-order valence-corrected chi connectivity index (χ0v) is 15.3. The Balaban J connectivity index is 1.45. The number of piperazine rings is 1. The number of rotatable bonds is 3. The number of benzene rings is 1. The maximum Gasteiger partial charge on any atom is 0.322 e. The van der Waals surface area contributed by atoms with Gasteiger partial charge in [0.1, 0.15) is 0 Å². The van der Waals surface area contributed by atoms with E-state index in [0.29, 0.717) is 22.9 Å². The lowest BCUT2D eigenvalue weighted by atomic mass is 10.2. The van der Waals surface area contributed by atoms with E-state index in [1.54, 1.807) is 6.92 Å². The highest BCUT2D eigenvalue weighted by molar-refractivity contribution is 6.07. The largest absolute Gasteiger partial charge is 0.351 e. The van der Waals surface area contributed by atoms with Crippen LogP contribution in [0.2, 0.25) is 0 Å². The van der Waals surface area contributed by atoms with Gasteiger partial charge in [0.2, 0.25) is 5.95 Å². The van der Waals surface area contributed by atoms with Crippen LogP contribution in [-0.4, -0.2) is 57.9 Å². The van der Waals surface area contributed by atoms with Crippen LogP contribution >= 0.6 is 0 Å². The third-order valence-electron chi connectivity index (χ3n) is 5.09. The van der Waals surface area contributed by atoms with E-state index in [1.165, 1.54) is 5.56 Å². The van der Waals surface area contributed by atoms with Gasteiger partial charge >= 0.3 is 6.03 Å². The van der Waals surface area contributed by atoms with Crippen molar-refractivity contribution in [2.45, 2.75) is 20.0 Å². The molecule has 2 aliphatic heterocycles. The molecule has 0 saturated carbocycles. The predicted octanol–water partition coefficient (Wildman–Crippen LogP) is 1.14. The van der Waals surface area contributed by atoms with E-state index in [4.69, 9.17) is 5.73 Å². The molecule has 0 radical (unpaired) electrons. The minimum absolute atomic E-state index is 0.119. The zero-order chi connectivity index (χ0) is 19.0. The Morgan fingerprint density at radius 1 is 1.11 bits per heavy atom. The minimum atomic E-state index is -0.756. The normalized spacial score (nSPS) is 17.3. The molecule has 1 aromatic heterocycles. The summed E-state index contributed by atoms with van der Waals surface area (Å²) in [6.07, 6.45) is 0. The highest BCUT2D eigenvalue weighted by Crippen LogP contribution is 2.26. The van der Waals surface area contributed by atoms with Crippen LogP contribution in [0.3, 0.4) is 0 Å². The second kappa shape index (κ2) is 6.96. The number of hydrogen-bond acceptors (Lipinski definition) is 6. The summed E-state index contributed by atoms with van der Waals surface area (Å²) >= 11 is 0. The number of amides is 3. The zero-order valence-electron chi connectivity index (χ0n) is 15.3. The van der Waals surface area contributed by atoms with Gasteiger partial charge in [-0.15, -0.1) is 0 Å². The Morgan fingerprint density at radius 3 is 2.48 bits per heavy atom. The Bertz CT molecular complexity index is 877. The van der Waals surface area contributed by atoms with Crippen molar-refractivity contribution in [3.05, 3.63) is 52.8 Å². The minimum Gasteiger partial charge on any atom is -0.351 e. The molecule has 140 valence electrons. The van der Waals surface area contributed by atoms with Crippen LogP contribution < -0.4 is 10.6 Å². The lowest BCUT2D eigenvalue weighted by Gasteiger charge is -2.35. The van der Waals surface area contributed by atoms with Gasteiger partial charge in [0, 0.05) is 32.7 Å². The number of nitrogens with zero attached hydrogens (tertiary/aromatic N) is 5. The number of nitrogens with two attached hydrogens (primary N) is 1. The monoisotopic (exact) mass is 366 g/mol. The summed E-state index contributed by atoms with van der Waals surface area (Å²) in [6.45, 7) is 6.30. The van der Waals surface area contributed by atoms with Crippen LogP contribution in [0.1, 0.15) is 27.3 Å². The molecule has 0 atom stereocenters. The number of primary amides is 1. The third kappa shape index (κ3) is 3.35. The van der Waals surface area contributed by atoms with E-state index in [0.717, 1.165) is 37.6 Å². The van der Waals surface area contributed by atoms with Crippen LogP contribution in [0.25, 0.3) is 0 Å². The Hall–Kier alpha value is -3.00. The molecular weight excluding hydrogens is 344 g/mol. The average molecular weight is 366 g/mol. The number of anilines is 1. The molecule has 2 aliphatic rings. The van der Waals surface area contributed by atoms with E-state index >= 15 is 0 Å². The molecule has 0 bridgehead atoms. The van der Waals surface area contributed by atoms with Crippen molar-refractivity contribution >= 4 is 17.9 Å². The first-order chi connectivity index (χ1) is 13.0. The van der Waals surface area contributed by atoms with Crippen LogP contribution in [0, 0.1) is 6.92 Å². The van der Waals surface area contributed by atoms with Gasteiger partial charge in [0.25, 0.3) is 5.91 Å². The molecule has 1 fully saturated rings. The second-order valence-corrected chi connectivity index (χ2v) is 6.91. The van der Waals surface area contributed by atoms with Crippen molar-refractivity contribution in [3.8, 4) is 0 Å². The molecule has 0 unspecified atom stereocenters. The standard InChI is InChI=1S/C19H22N6O2/c1-13-16-15(12-25(17(16)26)18(20)27)22-19(21-13)24-9-7-23(8-10-24)11-14-5-3-2-4-6-14/h2-6H,7-12H2,1H3,(H2,20,27). The molecule has 0 spiro atoms. The van der Waals surface area contributed by atoms with Crippen LogP contribution in [-0.2, 0) is 13.1 Å². The molecule has 2 N–H and O–H groups in total. The summed E-state index contributed by atoms with van der Waals surface area (Å²) in [4.78, 5) is 38.3. The van der Waals surface area contributed by atoms with E-state index in [1.807, 2.05) is 6.07 Å². The van der Waals surface area contributed by atoms with Gasteiger partial charge in [-0.3, -0.25) is 14.6 Å². The molecule has 0 aliphatic carbocycles. The maximum absolute atomic E-state index is 12.3. The Morgan fingerprint density at radius 2 is 1.81 bits per heavy atom. The molecule has 27 heavy (non-hydrogen) atoms. The van der Waals surface area contributed by atoms with E-state index < -0.39 is 11.9 Å². The molecule has 1 saturated heterocycles. The van der Waals surface area contributed by atoms with Crippen molar-refractivity contribution in [1.29, 1.82) is 0 Å². The molecule has 2 aromatic rings. The lowest BCUT2D eigenvalue weighted by molar-refractivity contribution is 0.0827. The number of carbonyl (C=O) groups excluding carboxylic acids is 2. The molecule has 8 heteroatoms. The van der Waals surface area contributed by atoms with Gasteiger partial charge in [-0.05, 0) is 12.5 Å². The summed E-state index contributed by atoms with van der Waals surface area (Å²) in [5.74, 6) is 0.207. The summed E-state index contributed by atoms with van der Waals surface area (Å²) in [5, 5.41) is 0. The van der Waals surface area contributed by atoms with Crippen LogP contribution in [0.15, 0.2) is 30.3 Å². The molecule has 3 amide bonds. The van der Waals surface area contributed by atoms with Crippen molar-refractivity contribution in [3.63, 3.8) is 0 Å². The fraction of sp³-hybridized carbons (Fsp3) is 0.368. The van der Waals surface area contributed by atoms with E-state index in [2.05, 4.69) is 44.0 Å². The SMILES string of the molecule is Cc1nc(N2CCN(Cc3ccccc3)CC2)nc2c1C(=O)N(C(N)=O)C2. The number of aromatic nitrogens is 2. The lowest BCUT2D eigenvalue weighted by Crippen LogP contribution is -2.46. The van der Waals surface area contributed by atoms with E-state index in [-0.39, 0.29) is 6.54 Å². The van der Waals surface area contributed by atoms with Crippen molar-refractivity contribution in [2.75, 3.05) is 31.1 Å². The molecule has 8 nitrogen and oxygen atoms in total. The van der Waals surface area contributed by atoms with Crippen LogP contribution in [0.4, 0.5) is 10.7 Å². The van der Waals surface area contributed by atoms with Crippen LogP contribution in [0.5, 0.6) is 0 Å². The average Bonchev–Trinajstić information content (AvgIpc) is 3.00. The Kier molecular flexibility index (Phi) is 4.49. The summed E-state index contributed by atoms with van der Waals surface area (Å²) in [6, 6.07) is 9.67. The predicted molar refractivity (Wildman–Crippen MR) is 100 cm³/mol. The molecular formula is C19H22N6O2. The fourth-order valence-electron chi connectivity index (χ4n) is 3.63. The van der Waals surface area contributed by atoms with Crippen molar-refractivity contribution < 1.29 is 9.59 Å². The number of urea groups is 1. The second-order valence-electron chi connectivity index (χ2n) is 6.91. The third-order valence-corrected chi connectivity index (χ3v) is 5.09. The first kappa shape index (κ1) is 17.4. The van der Waals surface area contributed by atoms with Gasteiger partial charge < -0.3 is 10.6 Å². The van der Waals surface area contributed by atoms with Crippen molar-refractivity contribution in [1.82, 2.24) is 19.8 Å². The van der Waals surface area contributed by atoms with Gasteiger partial charge in [0.15, 0.2) is 0 Å². The van der Waals surface area contributed by atoms with Gasteiger partial charge in [-0.2, -0.15) is 0 Å². The smallest absolute Gasteiger partial charge is 0.322 e. The summed E-state index contributed by atoms with van der Waals surface area (Å²) in [7, 11) is 0. The molecule has 4 rings (SSSR count). The number of carbonyl (C=O) groups is 2. The summed E-state index contributed by atoms with van der Waals surface area (Å²) in [5.41, 5.74) is 8.16. The molecule has 1 aromatic carbocycles. The number of hydrogen-bond donors (Lipinski definition) is 1. The van der Waals surface area contributed by atoms with Gasteiger partial charge in [0.05, 0.1) is 23.5 Å². The number of fused-ring (bicyclic) bond motifs is 1. The number of imide groups is 1. The Labute approximate surface area is 157 Å². The van der Waals surface area contributed by atoms with Crippen molar-refractivity contribution in [2.24, 2.45) is 5.73 Å². The first-order valence-corrected chi connectivity index (χ1v) is 9.03. The van der Waals surface area contributed by atoms with Gasteiger partial charge in [-0.25, -0.2) is 14.8 Å². The van der Waals surface area contributed by atoms with E-state index in [9.17, 15) is 9.59 Å². The highest BCUT2D eigenvalue weighted by Gasteiger charge is 2.35.